The number of aromatic nitrogens is 2. The van der Waals surface area contributed by atoms with Gasteiger partial charge in [0.25, 0.3) is 5.56 Å². The standard InChI is InChI=1S/C9H14N2O2S/c1-3-5-8-7(6-14-13)9(12)11(4-2)10-8/h6,10H,3-5H2,1-2H3. The zero-order valence-corrected chi connectivity index (χ0v) is 9.19. The molecule has 0 radical (unpaired) electrons. The topological polar surface area (TPSA) is 54.9 Å². The van der Waals surface area contributed by atoms with Gasteiger partial charge in [0, 0.05) is 17.6 Å². The van der Waals surface area contributed by atoms with E-state index in [4.69, 9.17) is 0 Å². The lowest BCUT2D eigenvalue weighted by atomic mass is 10.2. The van der Waals surface area contributed by atoms with Gasteiger partial charge in [0.1, 0.15) is 0 Å². The lowest BCUT2D eigenvalue weighted by molar-refractivity contribution is 0.625. The number of nitrogens with one attached hydrogen (secondary N) is 1. The molecule has 0 aliphatic heterocycles. The molecule has 0 aliphatic rings. The highest BCUT2D eigenvalue weighted by atomic mass is 32.1. The minimum atomic E-state index is -0.0979. The van der Waals surface area contributed by atoms with Gasteiger partial charge in [0.15, 0.2) is 0 Å². The summed E-state index contributed by atoms with van der Waals surface area (Å²) < 4.78 is 11.9. The van der Waals surface area contributed by atoms with Crippen LogP contribution >= 0.6 is 0 Å². The molecule has 0 unspecified atom stereocenters. The van der Waals surface area contributed by atoms with Gasteiger partial charge in [-0.25, -0.2) is 4.21 Å². The van der Waals surface area contributed by atoms with E-state index in [1.807, 2.05) is 13.8 Å². The van der Waals surface area contributed by atoms with Crippen LogP contribution in [0.25, 0.3) is 0 Å². The van der Waals surface area contributed by atoms with Crippen molar-refractivity contribution in [2.75, 3.05) is 0 Å². The van der Waals surface area contributed by atoms with Crippen molar-refractivity contribution in [3.63, 3.8) is 0 Å². The van der Waals surface area contributed by atoms with E-state index < -0.39 is 0 Å². The van der Waals surface area contributed by atoms with Crippen molar-refractivity contribution in [3.05, 3.63) is 21.6 Å². The first-order valence-corrected chi connectivity index (χ1v) is 5.48. The summed E-state index contributed by atoms with van der Waals surface area (Å²) in [4.78, 5) is 11.6. The Morgan fingerprint density at radius 2 is 2.21 bits per heavy atom. The Balaban J connectivity index is 3.27. The highest BCUT2D eigenvalue weighted by Gasteiger charge is 2.09. The summed E-state index contributed by atoms with van der Waals surface area (Å²) in [6, 6.07) is 0. The number of rotatable bonds is 4. The van der Waals surface area contributed by atoms with Crippen molar-refractivity contribution in [2.45, 2.75) is 33.2 Å². The number of nitrogens with zero attached hydrogens (tertiary/aromatic N) is 1. The normalized spacial score (nSPS) is 10.1. The van der Waals surface area contributed by atoms with Gasteiger partial charge < -0.3 is 0 Å². The van der Waals surface area contributed by atoms with Crippen molar-refractivity contribution >= 4 is 16.6 Å². The van der Waals surface area contributed by atoms with Crippen LogP contribution in [0.2, 0.25) is 0 Å². The molecule has 0 bridgehead atoms. The Labute approximate surface area is 86.0 Å². The predicted molar refractivity (Wildman–Crippen MR) is 58.0 cm³/mol. The summed E-state index contributed by atoms with van der Waals surface area (Å²) in [7, 11) is 0. The first kappa shape index (κ1) is 11.0. The minimum Gasteiger partial charge on any atom is -0.299 e. The Bertz CT molecular complexity index is 413. The predicted octanol–water partition coefficient (Wildman–Crippen LogP) is 0.512. The molecule has 0 fully saturated rings. The number of aryl methyl sites for hydroxylation is 2. The van der Waals surface area contributed by atoms with E-state index in [2.05, 4.69) is 5.10 Å². The first-order chi connectivity index (χ1) is 6.74. The average molecular weight is 214 g/mol. The van der Waals surface area contributed by atoms with Gasteiger partial charge in [-0.05, 0) is 13.3 Å². The van der Waals surface area contributed by atoms with Gasteiger partial charge in [-0.15, -0.1) is 0 Å². The van der Waals surface area contributed by atoms with E-state index in [1.54, 1.807) is 0 Å². The van der Waals surface area contributed by atoms with E-state index in [0.717, 1.165) is 18.5 Å². The van der Waals surface area contributed by atoms with Gasteiger partial charge in [0.2, 0.25) is 0 Å². The monoisotopic (exact) mass is 214 g/mol. The van der Waals surface area contributed by atoms with Crippen LogP contribution in [-0.2, 0) is 24.2 Å². The van der Waals surface area contributed by atoms with E-state index in [0.29, 0.717) is 23.4 Å². The van der Waals surface area contributed by atoms with E-state index >= 15 is 0 Å². The Morgan fingerprint density at radius 3 is 2.71 bits per heavy atom. The maximum atomic E-state index is 11.6. The van der Waals surface area contributed by atoms with Crippen molar-refractivity contribution in [3.8, 4) is 0 Å². The zero-order valence-electron chi connectivity index (χ0n) is 8.37. The van der Waals surface area contributed by atoms with Crippen molar-refractivity contribution < 1.29 is 4.21 Å². The van der Waals surface area contributed by atoms with Gasteiger partial charge in [-0.1, -0.05) is 13.3 Å². The molecule has 4 nitrogen and oxygen atoms in total. The summed E-state index contributed by atoms with van der Waals surface area (Å²) in [5.74, 6) is 0. The third-order valence-electron chi connectivity index (χ3n) is 2.05. The van der Waals surface area contributed by atoms with Crippen molar-refractivity contribution in [1.82, 2.24) is 9.78 Å². The molecule has 5 heteroatoms. The number of hydrogen-bond donors (Lipinski definition) is 1. The van der Waals surface area contributed by atoms with Crippen LogP contribution in [0, 0.1) is 0 Å². The fraction of sp³-hybridized carbons (Fsp3) is 0.556. The minimum absolute atomic E-state index is 0.0979. The molecule has 1 aromatic rings. The smallest absolute Gasteiger partial charge is 0.274 e. The van der Waals surface area contributed by atoms with Gasteiger partial charge in [0.05, 0.1) is 16.8 Å². The van der Waals surface area contributed by atoms with Crippen molar-refractivity contribution in [2.24, 2.45) is 0 Å². The highest BCUT2D eigenvalue weighted by molar-refractivity contribution is 7.65. The molecule has 14 heavy (non-hydrogen) atoms. The zero-order chi connectivity index (χ0) is 10.6. The van der Waals surface area contributed by atoms with Crippen LogP contribution in [0.3, 0.4) is 0 Å². The van der Waals surface area contributed by atoms with Crippen LogP contribution in [0.1, 0.15) is 31.5 Å². The maximum Gasteiger partial charge on any atom is 0.274 e. The molecule has 1 N–H and O–H groups in total. The molecule has 0 aromatic carbocycles. The molecule has 0 atom stereocenters. The Kier molecular flexibility index (Phi) is 3.88. The second-order valence-corrected chi connectivity index (χ2v) is 3.45. The molecule has 1 rings (SSSR count). The van der Waals surface area contributed by atoms with Crippen molar-refractivity contribution in [1.29, 1.82) is 0 Å². The molecule has 1 heterocycles. The van der Waals surface area contributed by atoms with Crippen LogP contribution in [0.15, 0.2) is 4.79 Å². The summed E-state index contributed by atoms with van der Waals surface area (Å²) >= 11 is 0.324. The fourth-order valence-corrected chi connectivity index (χ4v) is 1.72. The number of aromatic amines is 1. The van der Waals surface area contributed by atoms with E-state index in [9.17, 15) is 9.00 Å². The second kappa shape index (κ2) is 4.95. The highest BCUT2D eigenvalue weighted by Crippen LogP contribution is 2.01. The Morgan fingerprint density at radius 1 is 1.50 bits per heavy atom. The number of hydrogen-bond acceptors (Lipinski definition) is 2. The largest absolute Gasteiger partial charge is 0.299 e. The molecule has 0 aliphatic carbocycles. The SMILES string of the molecule is CCCc1[nH]n(CC)c(=O)c1C=S=O. The van der Waals surface area contributed by atoms with Crippen LogP contribution in [0.5, 0.6) is 0 Å². The molecule has 1 aromatic heterocycles. The van der Waals surface area contributed by atoms with E-state index in [-0.39, 0.29) is 5.56 Å². The lowest BCUT2D eigenvalue weighted by Crippen LogP contribution is -2.17. The molecule has 0 spiro atoms. The number of H-pyrrole nitrogens is 1. The second-order valence-electron chi connectivity index (χ2n) is 3.02. The lowest BCUT2D eigenvalue weighted by Gasteiger charge is -1.95. The van der Waals surface area contributed by atoms with Crippen LogP contribution in [0.4, 0.5) is 0 Å². The van der Waals surface area contributed by atoms with Crippen LogP contribution in [-0.4, -0.2) is 19.4 Å². The molecule has 0 amide bonds. The van der Waals surface area contributed by atoms with Crippen LogP contribution < -0.4 is 5.56 Å². The van der Waals surface area contributed by atoms with Gasteiger partial charge in [-0.2, -0.15) is 0 Å². The molecule has 0 saturated carbocycles. The first-order valence-electron chi connectivity index (χ1n) is 4.68. The quantitative estimate of drug-likeness (QED) is 0.743. The molecular formula is C9H14N2O2S. The third kappa shape index (κ3) is 2.04. The van der Waals surface area contributed by atoms with Gasteiger partial charge in [-0.3, -0.25) is 14.6 Å². The average Bonchev–Trinajstić information content (AvgIpc) is 2.47. The Hall–Kier alpha value is -1.10. The fourth-order valence-electron chi connectivity index (χ4n) is 1.38. The molecule has 78 valence electrons. The summed E-state index contributed by atoms with van der Waals surface area (Å²) in [6.07, 6.45) is 1.75. The van der Waals surface area contributed by atoms with E-state index in [1.165, 1.54) is 10.0 Å². The maximum absolute atomic E-state index is 11.6. The molecule has 0 saturated heterocycles. The third-order valence-corrected chi connectivity index (χ3v) is 2.38. The summed E-state index contributed by atoms with van der Waals surface area (Å²) in [6.45, 7) is 4.53. The summed E-state index contributed by atoms with van der Waals surface area (Å²) in [5, 5.41) is 4.38. The summed E-state index contributed by atoms with van der Waals surface area (Å²) in [5.41, 5.74) is 1.29. The van der Waals surface area contributed by atoms with Gasteiger partial charge >= 0.3 is 0 Å². The molecular weight excluding hydrogens is 200 g/mol.